The minimum Gasteiger partial charge on any atom is -0.440 e. The Balaban J connectivity index is 1.70. The van der Waals surface area contributed by atoms with E-state index in [1.165, 1.54) is 25.7 Å². The van der Waals surface area contributed by atoms with E-state index in [4.69, 9.17) is 4.42 Å². The van der Waals surface area contributed by atoms with Crippen molar-refractivity contribution in [2.45, 2.75) is 45.4 Å². The van der Waals surface area contributed by atoms with E-state index in [9.17, 15) is 0 Å². The predicted molar refractivity (Wildman–Crippen MR) is 78.5 cm³/mol. The van der Waals surface area contributed by atoms with Crippen LogP contribution in [0.2, 0.25) is 0 Å². The smallest absolute Gasteiger partial charge is 0.198 e. The monoisotopic (exact) mass is 258 g/mol. The molecule has 19 heavy (non-hydrogen) atoms. The van der Waals surface area contributed by atoms with Crippen molar-refractivity contribution in [1.29, 1.82) is 0 Å². The van der Waals surface area contributed by atoms with Crippen LogP contribution in [-0.4, -0.2) is 11.5 Å². The van der Waals surface area contributed by atoms with Gasteiger partial charge in [0.1, 0.15) is 5.52 Å². The van der Waals surface area contributed by atoms with Crippen LogP contribution in [0.4, 0.5) is 5.69 Å². The standard InChI is InChI=1S/C16H22N2O/c1-3-4-11(2)10-17-13-7-8-15-14(9-13)18-16(19-15)12-5-6-12/h7-9,11-12,17H,3-6,10H2,1-2H3. The van der Waals surface area contributed by atoms with E-state index in [1.54, 1.807) is 0 Å². The zero-order chi connectivity index (χ0) is 13.2. The number of benzene rings is 1. The quantitative estimate of drug-likeness (QED) is 0.825. The lowest BCUT2D eigenvalue weighted by atomic mass is 10.1. The van der Waals surface area contributed by atoms with Crippen LogP contribution in [0.1, 0.15) is 51.3 Å². The average Bonchev–Trinajstić information content (AvgIpc) is 3.16. The van der Waals surface area contributed by atoms with Gasteiger partial charge >= 0.3 is 0 Å². The van der Waals surface area contributed by atoms with Crippen molar-refractivity contribution in [2.75, 3.05) is 11.9 Å². The van der Waals surface area contributed by atoms with Crippen LogP contribution in [0, 0.1) is 5.92 Å². The zero-order valence-electron chi connectivity index (χ0n) is 11.8. The van der Waals surface area contributed by atoms with Crippen molar-refractivity contribution in [3.8, 4) is 0 Å². The summed E-state index contributed by atoms with van der Waals surface area (Å²) in [4.78, 5) is 4.59. The first-order chi connectivity index (χ1) is 9.26. The molecule has 1 N–H and O–H groups in total. The normalized spacial score (nSPS) is 16.7. The summed E-state index contributed by atoms with van der Waals surface area (Å²) in [5.41, 5.74) is 3.04. The van der Waals surface area contributed by atoms with Crippen molar-refractivity contribution in [2.24, 2.45) is 5.92 Å². The second kappa shape index (κ2) is 5.24. The average molecular weight is 258 g/mol. The fraction of sp³-hybridized carbons (Fsp3) is 0.562. The third kappa shape index (κ3) is 2.91. The fourth-order valence-corrected chi connectivity index (χ4v) is 2.45. The van der Waals surface area contributed by atoms with Crippen LogP contribution < -0.4 is 5.32 Å². The molecule has 1 saturated carbocycles. The van der Waals surface area contributed by atoms with E-state index in [0.29, 0.717) is 11.8 Å². The van der Waals surface area contributed by atoms with Crippen LogP contribution in [-0.2, 0) is 0 Å². The molecule has 1 aromatic carbocycles. The number of hydrogen-bond donors (Lipinski definition) is 1. The van der Waals surface area contributed by atoms with Gasteiger partial charge in [0.05, 0.1) is 0 Å². The maximum Gasteiger partial charge on any atom is 0.198 e. The second-order valence-corrected chi connectivity index (χ2v) is 5.78. The number of nitrogens with zero attached hydrogens (tertiary/aromatic N) is 1. The molecule has 3 heteroatoms. The molecule has 0 bridgehead atoms. The molecule has 0 radical (unpaired) electrons. The van der Waals surface area contributed by atoms with Gasteiger partial charge in [-0.05, 0) is 43.4 Å². The van der Waals surface area contributed by atoms with Gasteiger partial charge in [0, 0.05) is 18.2 Å². The summed E-state index contributed by atoms with van der Waals surface area (Å²) < 4.78 is 5.77. The van der Waals surface area contributed by atoms with E-state index in [2.05, 4.69) is 36.3 Å². The molecular weight excluding hydrogens is 236 g/mol. The maximum absolute atomic E-state index is 5.77. The molecule has 1 fully saturated rings. The van der Waals surface area contributed by atoms with Crippen molar-refractivity contribution >= 4 is 16.8 Å². The topological polar surface area (TPSA) is 38.1 Å². The van der Waals surface area contributed by atoms with Gasteiger partial charge in [-0.25, -0.2) is 4.98 Å². The molecule has 1 aliphatic rings. The first-order valence-electron chi connectivity index (χ1n) is 7.40. The number of anilines is 1. The number of hydrogen-bond acceptors (Lipinski definition) is 3. The lowest BCUT2D eigenvalue weighted by molar-refractivity contribution is 0.533. The summed E-state index contributed by atoms with van der Waals surface area (Å²) in [5.74, 6) is 2.21. The molecule has 0 saturated heterocycles. The number of oxazole rings is 1. The lowest BCUT2D eigenvalue weighted by Crippen LogP contribution is -2.10. The first kappa shape index (κ1) is 12.5. The molecule has 1 atom stereocenters. The molecule has 102 valence electrons. The van der Waals surface area contributed by atoms with Crippen molar-refractivity contribution in [1.82, 2.24) is 4.98 Å². The van der Waals surface area contributed by atoms with Gasteiger partial charge in [-0.2, -0.15) is 0 Å². The number of nitrogens with one attached hydrogen (secondary N) is 1. The van der Waals surface area contributed by atoms with Crippen LogP contribution in [0.15, 0.2) is 22.6 Å². The van der Waals surface area contributed by atoms with Gasteiger partial charge in [-0.1, -0.05) is 20.3 Å². The molecule has 0 aliphatic heterocycles. The van der Waals surface area contributed by atoms with Gasteiger partial charge in [0.2, 0.25) is 0 Å². The molecule has 1 heterocycles. The number of rotatable bonds is 6. The Labute approximate surface area is 114 Å². The van der Waals surface area contributed by atoms with Crippen molar-refractivity contribution in [3.63, 3.8) is 0 Å². The molecule has 1 unspecified atom stereocenters. The summed E-state index contributed by atoms with van der Waals surface area (Å²) in [5, 5.41) is 3.49. The van der Waals surface area contributed by atoms with Crippen molar-refractivity contribution in [3.05, 3.63) is 24.1 Å². The second-order valence-electron chi connectivity index (χ2n) is 5.78. The van der Waals surface area contributed by atoms with Crippen LogP contribution >= 0.6 is 0 Å². The molecule has 0 spiro atoms. The molecule has 1 aromatic heterocycles. The van der Waals surface area contributed by atoms with E-state index >= 15 is 0 Å². The Morgan fingerprint density at radius 2 is 2.26 bits per heavy atom. The summed E-state index contributed by atoms with van der Waals surface area (Å²) >= 11 is 0. The molecule has 1 aliphatic carbocycles. The lowest BCUT2D eigenvalue weighted by Gasteiger charge is -2.12. The van der Waals surface area contributed by atoms with Crippen LogP contribution in [0.3, 0.4) is 0 Å². The Morgan fingerprint density at radius 3 is 3.00 bits per heavy atom. The molecule has 3 nitrogen and oxygen atoms in total. The van der Waals surface area contributed by atoms with Crippen LogP contribution in [0.5, 0.6) is 0 Å². The Kier molecular flexibility index (Phi) is 3.45. The zero-order valence-corrected chi connectivity index (χ0v) is 11.8. The highest BCUT2D eigenvalue weighted by atomic mass is 16.3. The minimum atomic E-state index is 0.577. The molecule has 2 aromatic rings. The third-order valence-corrected chi connectivity index (χ3v) is 3.77. The summed E-state index contributed by atoms with van der Waals surface area (Å²) in [6.07, 6.45) is 4.97. The van der Waals surface area contributed by atoms with Crippen LogP contribution in [0.25, 0.3) is 11.1 Å². The maximum atomic E-state index is 5.77. The van der Waals surface area contributed by atoms with E-state index < -0.39 is 0 Å². The minimum absolute atomic E-state index is 0.577. The Hall–Kier alpha value is -1.51. The first-order valence-corrected chi connectivity index (χ1v) is 7.40. The summed E-state index contributed by atoms with van der Waals surface area (Å²) in [6, 6.07) is 6.22. The number of fused-ring (bicyclic) bond motifs is 1. The van der Waals surface area contributed by atoms with Gasteiger partial charge in [-0.15, -0.1) is 0 Å². The van der Waals surface area contributed by atoms with E-state index in [0.717, 1.165) is 29.2 Å². The highest BCUT2D eigenvalue weighted by Crippen LogP contribution is 2.40. The van der Waals surface area contributed by atoms with Gasteiger partial charge in [-0.3, -0.25) is 0 Å². The summed E-state index contributed by atoms with van der Waals surface area (Å²) in [6.45, 7) is 5.54. The van der Waals surface area contributed by atoms with Gasteiger partial charge in [0.15, 0.2) is 11.5 Å². The number of aromatic nitrogens is 1. The van der Waals surface area contributed by atoms with Crippen molar-refractivity contribution < 1.29 is 4.42 Å². The highest BCUT2D eigenvalue weighted by Gasteiger charge is 2.28. The van der Waals surface area contributed by atoms with E-state index in [-0.39, 0.29) is 0 Å². The molecule has 0 amide bonds. The van der Waals surface area contributed by atoms with Gasteiger partial charge in [0.25, 0.3) is 0 Å². The highest BCUT2D eigenvalue weighted by molar-refractivity contribution is 5.77. The predicted octanol–water partition coefficient (Wildman–Crippen LogP) is 4.55. The largest absolute Gasteiger partial charge is 0.440 e. The molecular formula is C16H22N2O. The van der Waals surface area contributed by atoms with Gasteiger partial charge < -0.3 is 9.73 Å². The SMILES string of the molecule is CCCC(C)CNc1ccc2oc(C3CC3)nc2c1. The third-order valence-electron chi connectivity index (χ3n) is 3.77. The Bertz CT molecular complexity index is 557. The molecule has 3 rings (SSSR count). The fourth-order valence-electron chi connectivity index (χ4n) is 2.45. The summed E-state index contributed by atoms with van der Waals surface area (Å²) in [7, 11) is 0. The Morgan fingerprint density at radius 1 is 1.42 bits per heavy atom. The van der Waals surface area contributed by atoms with E-state index in [1.807, 2.05) is 6.07 Å².